The molecule has 1 amide bonds. The highest BCUT2D eigenvalue weighted by molar-refractivity contribution is 7.89. The van der Waals surface area contributed by atoms with Crippen LogP contribution in [0.15, 0.2) is 17.0 Å². The van der Waals surface area contributed by atoms with Gasteiger partial charge < -0.3 is 5.32 Å². The molecule has 7 heteroatoms. The highest BCUT2D eigenvalue weighted by atomic mass is 32.2. The van der Waals surface area contributed by atoms with Crippen LogP contribution in [-0.2, 0) is 10.0 Å². The number of hydrogen-bond acceptors (Lipinski definition) is 3. The number of amides is 1. The van der Waals surface area contributed by atoms with E-state index in [0.717, 1.165) is 18.9 Å². The van der Waals surface area contributed by atoms with Crippen LogP contribution in [0.4, 0.5) is 4.39 Å². The molecule has 0 saturated heterocycles. The third-order valence-corrected chi connectivity index (χ3v) is 3.61. The van der Waals surface area contributed by atoms with Gasteiger partial charge in [0.1, 0.15) is 10.7 Å². The van der Waals surface area contributed by atoms with E-state index < -0.39 is 26.6 Å². The van der Waals surface area contributed by atoms with Crippen LogP contribution in [0.2, 0.25) is 0 Å². The lowest BCUT2D eigenvalue weighted by Crippen LogP contribution is -2.26. The summed E-state index contributed by atoms with van der Waals surface area (Å²) in [5.41, 5.74) is 0.173. The molecule has 5 nitrogen and oxygen atoms in total. The fourth-order valence-corrected chi connectivity index (χ4v) is 2.27. The molecule has 3 N–H and O–H groups in total. The molecule has 98 valence electrons. The van der Waals surface area contributed by atoms with Crippen molar-refractivity contribution in [1.29, 1.82) is 0 Å². The molecule has 1 saturated carbocycles. The summed E-state index contributed by atoms with van der Waals surface area (Å²) in [5.74, 6) is -1.33. The first-order valence-corrected chi connectivity index (χ1v) is 6.97. The summed E-state index contributed by atoms with van der Waals surface area (Å²) >= 11 is 0. The van der Waals surface area contributed by atoms with Crippen LogP contribution in [-0.4, -0.2) is 20.4 Å². The predicted octanol–water partition coefficient (Wildman–Crippen LogP) is 0.674. The number of sulfonamides is 1. The standard InChI is InChI=1S/C11H13FN2O3S/c1-6-4-7(11(15)14-8-2-3-8)5-9(10(6)12)18(13,16)17/h4-5,8H,2-3H2,1H3,(H,14,15)(H2,13,16,17). The van der Waals surface area contributed by atoms with E-state index in [4.69, 9.17) is 5.14 Å². The summed E-state index contributed by atoms with van der Waals surface area (Å²) in [4.78, 5) is 11.1. The second-order valence-corrected chi connectivity index (χ2v) is 5.93. The Morgan fingerprint density at radius 2 is 2.06 bits per heavy atom. The Balaban J connectivity index is 2.43. The summed E-state index contributed by atoms with van der Waals surface area (Å²) in [7, 11) is -4.18. The quantitative estimate of drug-likeness (QED) is 0.847. The molecule has 1 aliphatic carbocycles. The first-order valence-electron chi connectivity index (χ1n) is 5.43. The van der Waals surface area contributed by atoms with Crippen LogP contribution >= 0.6 is 0 Å². The topological polar surface area (TPSA) is 89.3 Å². The van der Waals surface area contributed by atoms with Crippen molar-refractivity contribution in [3.63, 3.8) is 0 Å². The number of hydrogen-bond donors (Lipinski definition) is 2. The molecule has 0 spiro atoms. The Morgan fingerprint density at radius 1 is 1.44 bits per heavy atom. The van der Waals surface area contributed by atoms with Crippen molar-refractivity contribution in [1.82, 2.24) is 5.32 Å². The average Bonchev–Trinajstić information content (AvgIpc) is 3.03. The lowest BCUT2D eigenvalue weighted by molar-refractivity contribution is 0.0950. The molecular weight excluding hydrogens is 259 g/mol. The molecule has 18 heavy (non-hydrogen) atoms. The minimum Gasteiger partial charge on any atom is -0.349 e. The van der Waals surface area contributed by atoms with Gasteiger partial charge in [0.25, 0.3) is 5.91 Å². The maximum absolute atomic E-state index is 13.6. The Kier molecular flexibility index (Phi) is 3.12. The summed E-state index contributed by atoms with van der Waals surface area (Å²) < 4.78 is 36.1. The molecule has 0 atom stereocenters. The highest BCUT2D eigenvalue weighted by Gasteiger charge is 2.25. The fourth-order valence-electron chi connectivity index (χ4n) is 1.57. The third-order valence-electron chi connectivity index (χ3n) is 2.70. The molecule has 0 unspecified atom stereocenters. The summed E-state index contributed by atoms with van der Waals surface area (Å²) in [5, 5.41) is 7.61. The van der Waals surface area contributed by atoms with Crippen molar-refractivity contribution >= 4 is 15.9 Å². The van der Waals surface area contributed by atoms with Crippen LogP contribution in [0.5, 0.6) is 0 Å². The van der Waals surface area contributed by atoms with Gasteiger partial charge in [-0.05, 0) is 37.5 Å². The number of carbonyl (C=O) groups is 1. The van der Waals surface area contributed by atoms with E-state index in [0.29, 0.717) is 0 Å². The maximum Gasteiger partial charge on any atom is 0.251 e. The Morgan fingerprint density at radius 3 is 2.56 bits per heavy atom. The molecule has 1 aromatic rings. The van der Waals surface area contributed by atoms with Gasteiger partial charge in [0, 0.05) is 11.6 Å². The molecular formula is C11H13FN2O3S. The Labute approximate surface area is 104 Å². The molecule has 0 aromatic heterocycles. The van der Waals surface area contributed by atoms with E-state index in [1.807, 2.05) is 0 Å². The van der Waals surface area contributed by atoms with Crippen LogP contribution < -0.4 is 10.5 Å². The van der Waals surface area contributed by atoms with E-state index >= 15 is 0 Å². The first kappa shape index (κ1) is 13.0. The van der Waals surface area contributed by atoms with Crippen LogP contribution in [0.25, 0.3) is 0 Å². The minimum absolute atomic E-state index is 0.0717. The van der Waals surface area contributed by atoms with Crippen LogP contribution in [0.1, 0.15) is 28.8 Å². The lowest BCUT2D eigenvalue weighted by atomic mass is 10.1. The molecule has 0 radical (unpaired) electrons. The number of primary sulfonamides is 1. The van der Waals surface area contributed by atoms with Crippen molar-refractivity contribution in [3.8, 4) is 0 Å². The van der Waals surface area contributed by atoms with E-state index in [2.05, 4.69) is 5.32 Å². The van der Waals surface area contributed by atoms with E-state index in [1.165, 1.54) is 13.0 Å². The number of halogens is 1. The van der Waals surface area contributed by atoms with Crippen molar-refractivity contribution in [2.24, 2.45) is 5.14 Å². The molecule has 1 fully saturated rings. The van der Waals surface area contributed by atoms with Crippen LogP contribution in [0.3, 0.4) is 0 Å². The zero-order valence-electron chi connectivity index (χ0n) is 9.73. The van der Waals surface area contributed by atoms with Crippen LogP contribution in [0, 0.1) is 12.7 Å². The SMILES string of the molecule is Cc1cc(C(=O)NC2CC2)cc(S(N)(=O)=O)c1F. The van der Waals surface area contributed by atoms with E-state index in [9.17, 15) is 17.6 Å². The maximum atomic E-state index is 13.6. The van der Waals surface area contributed by atoms with E-state index in [-0.39, 0.29) is 17.2 Å². The normalized spacial score (nSPS) is 15.5. The molecule has 1 aliphatic rings. The van der Waals surface area contributed by atoms with Gasteiger partial charge in [-0.1, -0.05) is 0 Å². The number of rotatable bonds is 3. The highest BCUT2D eigenvalue weighted by Crippen LogP contribution is 2.22. The van der Waals surface area contributed by atoms with Gasteiger partial charge in [0.05, 0.1) is 0 Å². The van der Waals surface area contributed by atoms with Crippen molar-refractivity contribution in [2.45, 2.75) is 30.7 Å². The van der Waals surface area contributed by atoms with Crippen molar-refractivity contribution in [3.05, 3.63) is 29.1 Å². The summed E-state index contributed by atoms with van der Waals surface area (Å²) in [6.45, 7) is 1.39. The largest absolute Gasteiger partial charge is 0.349 e. The number of nitrogens with two attached hydrogens (primary N) is 1. The van der Waals surface area contributed by atoms with E-state index in [1.54, 1.807) is 0 Å². The second-order valence-electron chi connectivity index (χ2n) is 4.40. The number of aryl methyl sites for hydroxylation is 1. The van der Waals surface area contributed by atoms with Gasteiger partial charge in [-0.25, -0.2) is 17.9 Å². The zero-order valence-corrected chi connectivity index (χ0v) is 10.6. The van der Waals surface area contributed by atoms with Gasteiger partial charge >= 0.3 is 0 Å². The first-order chi connectivity index (χ1) is 8.29. The smallest absolute Gasteiger partial charge is 0.251 e. The molecule has 0 aliphatic heterocycles. The minimum atomic E-state index is -4.18. The van der Waals surface area contributed by atoms with Gasteiger partial charge in [-0.15, -0.1) is 0 Å². The fraction of sp³-hybridized carbons (Fsp3) is 0.364. The van der Waals surface area contributed by atoms with Crippen molar-refractivity contribution in [2.75, 3.05) is 0 Å². The zero-order chi connectivity index (χ0) is 13.5. The number of nitrogens with one attached hydrogen (secondary N) is 1. The molecule has 1 aromatic carbocycles. The van der Waals surface area contributed by atoms with Gasteiger partial charge in [-0.2, -0.15) is 0 Å². The molecule has 0 heterocycles. The van der Waals surface area contributed by atoms with Gasteiger partial charge in [0.15, 0.2) is 0 Å². The van der Waals surface area contributed by atoms with Gasteiger partial charge in [-0.3, -0.25) is 4.79 Å². The average molecular weight is 272 g/mol. The summed E-state index contributed by atoms with van der Waals surface area (Å²) in [6, 6.07) is 2.41. The predicted molar refractivity (Wildman–Crippen MR) is 63.0 cm³/mol. The lowest BCUT2D eigenvalue weighted by Gasteiger charge is -2.08. The molecule has 2 rings (SSSR count). The van der Waals surface area contributed by atoms with Gasteiger partial charge in [0.2, 0.25) is 10.0 Å². The Hall–Kier alpha value is -1.47. The molecule has 0 bridgehead atoms. The summed E-state index contributed by atoms with van der Waals surface area (Å²) in [6.07, 6.45) is 1.82. The number of carbonyl (C=O) groups excluding carboxylic acids is 1. The monoisotopic (exact) mass is 272 g/mol. The number of benzene rings is 1. The van der Waals surface area contributed by atoms with Crippen molar-refractivity contribution < 1.29 is 17.6 Å². The Bertz CT molecular complexity index is 609. The second kappa shape index (κ2) is 4.33. The third kappa shape index (κ3) is 2.68.